The average Bonchev–Trinajstić information content (AvgIpc) is 2.88. The molecule has 0 radical (unpaired) electrons. The number of fused-ring (bicyclic) bond motifs is 1. The summed E-state index contributed by atoms with van der Waals surface area (Å²) in [5.74, 6) is 2.51. The zero-order valence-corrected chi connectivity index (χ0v) is 10.6. The van der Waals surface area contributed by atoms with Gasteiger partial charge in [-0.2, -0.15) is 0 Å². The monoisotopic (exact) mass is 255 g/mol. The van der Waals surface area contributed by atoms with Crippen LogP contribution in [0.25, 0.3) is 11.0 Å². The quantitative estimate of drug-likeness (QED) is 0.779. The summed E-state index contributed by atoms with van der Waals surface area (Å²) in [6.45, 7) is 0.460. The summed E-state index contributed by atoms with van der Waals surface area (Å²) < 4.78 is 10.9. The van der Waals surface area contributed by atoms with Crippen LogP contribution < -0.4 is 14.5 Å². The summed E-state index contributed by atoms with van der Waals surface area (Å²) in [5, 5.41) is 0. The molecular formula is C15H15N2O2+. The molecule has 1 aromatic heterocycles. The van der Waals surface area contributed by atoms with Gasteiger partial charge in [0.2, 0.25) is 0 Å². The van der Waals surface area contributed by atoms with Gasteiger partial charge < -0.3 is 9.47 Å². The van der Waals surface area contributed by atoms with Gasteiger partial charge >= 0.3 is 0 Å². The molecule has 19 heavy (non-hydrogen) atoms. The third kappa shape index (κ3) is 2.52. The molecule has 2 aromatic carbocycles. The summed E-state index contributed by atoms with van der Waals surface area (Å²) in [5.41, 5.74) is 2.15. The second-order valence-electron chi connectivity index (χ2n) is 4.24. The van der Waals surface area contributed by atoms with Crippen molar-refractivity contribution >= 4 is 11.0 Å². The number of benzene rings is 2. The van der Waals surface area contributed by atoms with Gasteiger partial charge in [0.25, 0.3) is 5.82 Å². The van der Waals surface area contributed by atoms with Crippen molar-refractivity contribution in [2.24, 2.45) is 0 Å². The molecule has 0 aliphatic rings. The Hall–Kier alpha value is -2.49. The van der Waals surface area contributed by atoms with Crippen LogP contribution in [0.3, 0.4) is 0 Å². The Kier molecular flexibility index (Phi) is 3.06. The number of para-hydroxylation sites is 2. The average molecular weight is 255 g/mol. The van der Waals surface area contributed by atoms with Crippen LogP contribution in [0.2, 0.25) is 0 Å². The molecule has 0 aliphatic heterocycles. The third-order valence-corrected chi connectivity index (χ3v) is 2.92. The predicted octanol–water partition coefficient (Wildman–Crippen LogP) is 2.57. The van der Waals surface area contributed by atoms with Crippen molar-refractivity contribution in [1.29, 1.82) is 0 Å². The molecule has 3 aromatic rings. The van der Waals surface area contributed by atoms with Crippen LogP contribution in [0.5, 0.6) is 11.5 Å². The topological polar surface area (TPSA) is 48.4 Å². The second kappa shape index (κ2) is 5.02. The second-order valence-corrected chi connectivity index (χ2v) is 4.24. The summed E-state index contributed by atoms with van der Waals surface area (Å²) in [6, 6.07) is 15.6. The van der Waals surface area contributed by atoms with Crippen LogP contribution in [-0.2, 0) is 6.61 Å². The van der Waals surface area contributed by atoms with E-state index in [1.54, 1.807) is 7.11 Å². The molecule has 0 atom stereocenters. The Morgan fingerprint density at radius 1 is 1.05 bits per heavy atom. The molecule has 4 nitrogen and oxygen atoms in total. The lowest BCUT2D eigenvalue weighted by molar-refractivity contribution is -0.362. The molecule has 0 aliphatic carbocycles. The van der Waals surface area contributed by atoms with Gasteiger partial charge in [0.1, 0.15) is 11.5 Å². The Labute approximate surface area is 111 Å². The first kappa shape index (κ1) is 11.6. The Balaban J connectivity index is 1.74. The Morgan fingerprint density at radius 2 is 1.89 bits per heavy atom. The maximum atomic E-state index is 5.72. The third-order valence-electron chi connectivity index (χ3n) is 2.92. The van der Waals surface area contributed by atoms with Crippen LogP contribution in [0, 0.1) is 0 Å². The van der Waals surface area contributed by atoms with E-state index in [4.69, 9.17) is 9.47 Å². The lowest BCUT2D eigenvalue weighted by atomic mass is 10.3. The zero-order chi connectivity index (χ0) is 13.1. The normalized spacial score (nSPS) is 10.6. The highest BCUT2D eigenvalue weighted by Crippen LogP contribution is 2.19. The Bertz CT molecular complexity index is 658. The molecule has 0 saturated carbocycles. The first-order chi connectivity index (χ1) is 9.35. The van der Waals surface area contributed by atoms with E-state index in [-0.39, 0.29) is 0 Å². The fourth-order valence-corrected chi connectivity index (χ4v) is 1.98. The van der Waals surface area contributed by atoms with Crippen LogP contribution in [-0.4, -0.2) is 12.1 Å². The fourth-order valence-electron chi connectivity index (χ4n) is 1.98. The molecule has 96 valence electrons. The van der Waals surface area contributed by atoms with E-state index in [1.807, 2.05) is 48.5 Å². The molecule has 4 heteroatoms. The van der Waals surface area contributed by atoms with Crippen LogP contribution in [0.1, 0.15) is 5.82 Å². The van der Waals surface area contributed by atoms with E-state index < -0.39 is 0 Å². The molecular weight excluding hydrogens is 240 g/mol. The molecule has 0 unspecified atom stereocenters. The van der Waals surface area contributed by atoms with E-state index in [9.17, 15) is 0 Å². The highest BCUT2D eigenvalue weighted by atomic mass is 16.5. The predicted molar refractivity (Wildman–Crippen MR) is 72.2 cm³/mol. The van der Waals surface area contributed by atoms with Crippen molar-refractivity contribution < 1.29 is 14.5 Å². The molecule has 3 rings (SSSR count). The van der Waals surface area contributed by atoms with E-state index in [2.05, 4.69) is 9.97 Å². The number of ether oxygens (including phenoxy) is 2. The number of aromatic amines is 2. The number of hydrogen-bond acceptors (Lipinski definition) is 2. The van der Waals surface area contributed by atoms with Gasteiger partial charge in [-0.1, -0.05) is 18.2 Å². The molecule has 0 amide bonds. The molecule has 0 saturated heterocycles. The maximum Gasteiger partial charge on any atom is 0.291 e. The highest BCUT2D eigenvalue weighted by Gasteiger charge is 2.09. The number of methoxy groups -OCH3 is 1. The van der Waals surface area contributed by atoms with Gasteiger partial charge in [0.05, 0.1) is 7.11 Å². The van der Waals surface area contributed by atoms with Gasteiger partial charge in [0, 0.05) is 6.07 Å². The minimum Gasteiger partial charge on any atom is -0.497 e. The number of nitrogens with one attached hydrogen (secondary N) is 2. The first-order valence-electron chi connectivity index (χ1n) is 6.11. The van der Waals surface area contributed by atoms with E-state index in [0.717, 1.165) is 28.4 Å². The van der Waals surface area contributed by atoms with Crippen molar-refractivity contribution in [2.45, 2.75) is 6.61 Å². The number of hydrogen-bond donors (Lipinski definition) is 1. The number of imidazole rings is 1. The van der Waals surface area contributed by atoms with Crippen molar-refractivity contribution in [2.75, 3.05) is 7.11 Å². The first-order valence-corrected chi connectivity index (χ1v) is 6.11. The number of rotatable bonds is 4. The SMILES string of the molecule is COc1cccc(OCc2[nH]c3ccccc3[nH+]2)c1. The van der Waals surface area contributed by atoms with E-state index >= 15 is 0 Å². The summed E-state index contributed by atoms with van der Waals surface area (Å²) in [4.78, 5) is 6.57. The zero-order valence-electron chi connectivity index (χ0n) is 10.6. The van der Waals surface area contributed by atoms with Gasteiger partial charge in [-0.3, -0.25) is 0 Å². The smallest absolute Gasteiger partial charge is 0.291 e. The van der Waals surface area contributed by atoms with Gasteiger partial charge in [-0.15, -0.1) is 0 Å². The van der Waals surface area contributed by atoms with Gasteiger partial charge in [-0.05, 0) is 24.3 Å². The van der Waals surface area contributed by atoms with Crippen molar-refractivity contribution in [3.8, 4) is 11.5 Å². The van der Waals surface area contributed by atoms with Crippen LogP contribution >= 0.6 is 0 Å². The highest BCUT2D eigenvalue weighted by molar-refractivity contribution is 5.70. The van der Waals surface area contributed by atoms with Crippen LogP contribution in [0.15, 0.2) is 48.5 Å². The van der Waals surface area contributed by atoms with E-state index in [0.29, 0.717) is 6.61 Å². The maximum absolute atomic E-state index is 5.72. The Morgan fingerprint density at radius 3 is 2.74 bits per heavy atom. The molecule has 0 bridgehead atoms. The van der Waals surface area contributed by atoms with Gasteiger partial charge in [0.15, 0.2) is 17.6 Å². The van der Waals surface area contributed by atoms with Gasteiger partial charge in [-0.25, -0.2) is 9.97 Å². The van der Waals surface area contributed by atoms with Crippen molar-refractivity contribution in [3.63, 3.8) is 0 Å². The summed E-state index contributed by atoms with van der Waals surface area (Å²) in [7, 11) is 1.64. The molecule has 0 spiro atoms. The largest absolute Gasteiger partial charge is 0.497 e. The minimum atomic E-state index is 0.460. The summed E-state index contributed by atoms with van der Waals surface area (Å²) in [6.07, 6.45) is 0. The van der Waals surface area contributed by atoms with Crippen LogP contribution in [0.4, 0.5) is 0 Å². The minimum absolute atomic E-state index is 0.460. The molecule has 1 heterocycles. The summed E-state index contributed by atoms with van der Waals surface area (Å²) >= 11 is 0. The molecule has 0 fully saturated rings. The van der Waals surface area contributed by atoms with E-state index in [1.165, 1.54) is 0 Å². The molecule has 2 N–H and O–H groups in total. The number of H-pyrrole nitrogens is 2. The lowest BCUT2D eigenvalue weighted by Gasteiger charge is -2.04. The van der Waals surface area contributed by atoms with Crippen molar-refractivity contribution in [1.82, 2.24) is 4.98 Å². The van der Waals surface area contributed by atoms with Crippen molar-refractivity contribution in [3.05, 3.63) is 54.4 Å². The number of aromatic nitrogens is 2. The fraction of sp³-hybridized carbons (Fsp3) is 0.133. The standard InChI is InChI=1S/C15H14N2O2/c1-18-11-5-4-6-12(9-11)19-10-15-16-13-7-2-3-8-14(13)17-15/h2-9H,10H2,1H3,(H,16,17)/p+1. The lowest BCUT2D eigenvalue weighted by Crippen LogP contribution is -2.10.